The summed E-state index contributed by atoms with van der Waals surface area (Å²) in [6, 6.07) is 8.54. The minimum absolute atomic E-state index is 0. The van der Waals surface area contributed by atoms with Gasteiger partial charge in [0.25, 0.3) is 5.56 Å². The van der Waals surface area contributed by atoms with Crippen molar-refractivity contribution in [2.45, 2.75) is 44.9 Å². The third-order valence-electron chi connectivity index (χ3n) is 5.47. The molecular formula is C21H27ClN4O. The zero-order valence-corrected chi connectivity index (χ0v) is 16.7. The SMILES string of the molecule is Cc1ccc(CN(C)C2(n3[nH]c4c(c3=O)CCCC4)C=CC=CN2)cc1.Cl. The number of benzene rings is 1. The smallest absolute Gasteiger partial charge is 0.273 e. The molecule has 2 N–H and O–H groups in total. The lowest BCUT2D eigenvalue weighted by Gasteiger charge is -2.41. The quantitative estimate of drug-likeness (QED) is 0.848. The van der Waals surface area contributed by atoms with Crippen LogP contribution in [0, 0.1) is 6.92 Å². The highest BCUT2D eigenvalue weighted by atomic mass is 35.5. The Labute approximate surface area is 166 Å². The Morgan fingerprint density at radius 2 is 1.89 bits per heavy atom. The number of hydrogen-bond acceptors (Lipinski definition) is 3. The first-order chi connectivity index (χ1) is 12.6. The summed E-state index contributed by atoms with van der Waals surface area (Å²) in [7, 11) is 2.04. The number of nitrogens with zero attached hydrogens (tertiary/aromatic N) is 2. The predicted molar refractivity (Wildman–Crippen MR) is 111 cm³/mol. The van der Waals surface area contributed by atoms with Gasteiger partial charge < -0.3 is 5.32 Å². The van der Waals surface area contributed by atoms with Crippen LogP contribution in [0.4, 0.5) is 0 Å². The van der Waals surface area contributed by atoms with Crippen LogP contribution in [-0.2, 0) is 25.2 Å². The molecule has 0 amide bonds. The molecule has 2 heterocycles. The second-order valence-corrected chi connectivity index (χ2v) is 7.35. The lowest BCUT2D eigenvalue weighted by Crippen LogP contribution is -2.59. The lowest BCUT2D eigenvalue weighted by atomic mass is 9.98. The fourth-order valence-corrected chi connectivity index (χ4v) is 3.92. The molecule has 2 aliphatic rings. The standard InChI is InChI=1S/C21H26N4O.ClH/c1-16-9-11-17(12-10-16)15-24(2)21(13-5-6-14-22-21)25-20(26)18-7-3-4-8-19(18)23-25;/h5-6,9-14,22-23H,3-4,7-8,15H2,1-2H3;1H. The van der Waals surface area contributed by atoms with Gasteiger partial charge in [-0.3, -0.25) is 14.8 Å². The minimum atomic E-state index is -0.728. The summed E-state index contributed by atoms with van der Waals surface area (Å²) in [5, 5.41) is 6.82. The maximum Gasteiger partial charge on any atom is 0.273 e. The number of rotatable bonds is 4. The molecule has 0 radical (unpaired) electrons. The van der Waals surface area contributed by atoms with Gasteiger partial charge >= 0.3 is 0 Å². The van der Waals surface area contributed by atoms with Gasteiger partial charge in [0.2, 0.25) is 5.79 Å². The molecule has 6 heteroatoms. The first kappa shape index (κ1) is 19.5. The third-order valence-corrected chi connectivity index (χ3v) is 5.47. The van der Waals surface area contributed by atoms with Crippen LogP contribution < -0.4 is 10.9 Å². The van der Waals surface area contributed by atoms with Gasteiger partial charge in [0, 0.05) is 17.8 Å². The van der Waals surface area contributed by atoms with Gasteiger partial charge in [-0.1, -0.05) is 35.9 Å². The van der Waals surface area contributed by atoms with Crippen molar-refractivity contribution in [3.63, 3.8) is 0 Å². The number of allylic oxidation sites excluding steroid dienone is 2. The molecule has 0 saturated carbocycles. The number of dihydropyridines is 1. The average Bonchev–Trinajstić information content (AvgIpc) is 3.02. The van der Waals surface area contributed by atoms with E-state index in [0.717, 1.165) is 43.5 Å². The van der Waals surface area contributed by atoms with Crippen LogP contribution in [-0.4, -0.2) is 21.7 Å². The first-order valence-corrected chi connectivity index (χ1v) is 9.32. The molecule has 2 aromatic rings. The van der Waals surface area contributed by atoms with Gasteiger partial charge in [-0.15, -0.1) is 12.4 Å². The molecule has 4 rings (SSSR count). The van der Waals surface area contributed by atoms with Crippen molar-refractivity contribution in [3.05, 3.63) is 81.4 Å². The van der Waals surface area contributed by atoms with E-state index < -0.39 is 5.79 Å². The Morgan fingerprint density at radius 1 is 1.15 bits per heavy atom. The van der Waals surface area contributed by atoms with E-state index in [9.17, 15) is 4.79 Å². The van der Waals surface area contributed by atoms with Crippen LogP contribution in [0.3, 0.4) is 0 Å². The summed E-state index contributed by atoms with van der Waals surface area (Å²) in [6.07, 6.45) is 11.9. The molecule has 1 aliphatic carbocycles. The molecule has 1 atom stereocenters. The van der Waals surface area contributed by atoms with E-state index in [1.807, 2.05) is 31.5 Å². The molecule has 1 aromatic heterocycles. The molecule has 0 saturated heterocycles. The number of nitrogens with one attached hydrogen (secondary N) is 2. The highest BCUT2D eigenvalue weighted by molar-refractivity contribution is 5.85. The van der Waals surface area contributed by atoms with E-state index in [1.54, 1.807) is 4.68 Å². The Balaban J connectivity index is 0.00000210. The molecule has 1 unspecified atom stereocenters. The lowest BCUT2D eigenvalue weighted by molar-refractivity contribution is 0.0439. The number of aromatic nitrogens is 2. The van der Waals surface area contributed by atoms with E-state index >= 15 is 0 Å². The molecule has 1 aromatic carbocycles. The molecule has 0 spiro atoms. The van der Waals surface area contributed by atoms with Gasteiger partial charge in [-0.05, 0) is 63.6 Å². The minimum Gasteiger partial charge on any atom is -0.352 e. The van der Waals surface area contributed by atoms with Crippen molar-refractivity contribution < 1.29 is 0 Å². The summed E-state index contributed by atoms with van der Waals surface area (Å²) in [4.78, 5) is 15.3. The number of aryl methyl sites for hydroxylation is 2. The molecule has 0 fully saturated rings. The fourth-order valence-electron chi connectivity index (χ4n) is 3.92. The van der Waals surface area contributed by atoms with Crippen molar-refractivity contribution in [3.8, 4) is 0 Å². The number of halogens is 1. The summed E-state index contributed by atoms with van der Waals surface area (Å²) < 4.78 is 1.76. The van der Waals surface area contributed by atoms with Gasteiger partial charge in [-0.25, -0.2) is 4.68 Å². The van der Waals surface area contributed by atoms with Crippen LogP contribution in [0.5, 0.6) is 0 Å². The number of likely N-dealkylation sites (N-methyl/N-ethyl adjacent to an activating group) is 1. The van der Waals surface area contributed by atoms with E-state index in [2.05, 4.69) is 46.5 Å². The van der Waals surface area contributed by atoms with Crippen LogP contribution in [0.1, 0.15) is 35.2 Å². The molecule has 27 heavy (non-hydrogen) atoms. The first-order valence-electron chi connectivity index (χ1n) is 9.32. The Hall–Kier alpha value is -2.24. The molecule has 5 nitrogen and oxygen atoms in total. The van der Waals surface area contributed by atoms with Crippen molar-refractivity contribution in [1.82, 2.24) is 20.0 Å². The maximum absolute atomic E-state index is 13.1. The topological polar surface area (TPSA) is 53.1 Å². The Morgan fingerprint density at radius 3 is 2.56 bits per heavy atom. The maximum atomic E-state index is 13.1. The van der Waals surface area contributed by atoms with E-state index in [-0.39, 0.29) is 18.0 Å². The summed E-state index contributed by atoms with van der Waals surface area (Å²) in [6.45, 7) is 2.82. The normalized spacial score (nSPS) is 20.9. The van der Waals surface area contributed by atoms with Crippen molar-refractivity contribution in [1.29, 1.82) is 0 Å². The Bertz CT molecular complexity index is 909. The van der Waals surface area contributed by atoms with E-state index in [0.29, 0.717) is 0 Å². The summed E-state index contributed by atoms with van der Waals surface area (Å²) in [5.41, 5.74) is 4.59. The van der Waals surface area contributed by atoms with Gasteiger partial charge in [0.1, 0.15) is 0 Å². The Kier molecular flexibility index (Phi) is 5.63. The average molecular weight is 387 g/mol. The number of H-pyrrole nitrogens is 1. The van der Waals surface area contributed by atoms with Crippen LogP contribution in [0.25, 0.3) is 0 Å². The van der Waals surface area contributed by atoms with Crippen molar-refractivity contribution in [2.24, 2.45) is 0 Å². The van der Waals surface area contributed by atoms with E-state index in [1.165, 1.54) is 11.1 Å². The largest absolute Gasteiger partial charge is 0.352 e. The van der Waals surface area contributed by atoms with Crippen molar-refractivity contribution >= 4 is 12.4 Å². The molecule has 1 aliphatic heterocycles. The monoisotopic (exact) mass is 386 g/mol. The summed E-state index contributed by atoms with van der Waals surface area (Å²) in [5.74, 6) is -0.728. The van der Waals surface area contributed by atoms with Gasteiger partial charge in [-0.2, -0.15) is 0 Å². The molecular weight excluding hydrogens is 360 g/mol. The zero-order valence-electron chi connectivity index (χ0n) is 15.9. The number of fused-ring (bicyclic) bond motifs is 1. The fraction of sp³-hybridized carbons (Fsp3) is 0.381. The predicted octanol–water partition coefficient (Wildman–Crippen LogP) is 3.20. The zero-order chi connectivity index (χ0) is 18.1. The van der Waals surface area contributed by atoms with Gasteiger partial charge in [0.05, 0.1) is 0 Å². The summed E-state index contributed by atoms with van der Waals surface area (Å²) >= 11 is 0. The van der Waals surface area contributed by atoms with Gasteiger partial charge in [0.15, 0.2) is 0 Å². The number of aromatic amines is 1. The molecule has 0 bridgehead atoms. The second kappa shape index (κ2) is 7.79. The van der Waals surface area contributed by atoms with Crippen LogP contribution in [0.2, 0.25) is 0 Å². The highest BCUT2D eigenvalue weighted by Gasteiger charge is 2.37. The number of hydrogen-bond donors (Lipinski definition) is 2. The highest BCUT2D eigenvalue weighted by Crippen LogP contribution is 2.25. The van der Waals surface area contributed by atoms with Crippen LogP contribution in [0.15, 0.2) is 53.5 Å². The van der Waals surface area contributed by atoms with E-state index in [4.69, 9.17) is 0 Å². The van der Waals surface area contributed by atoms with Crippen molar-refractivity contribution in [2.75, 3.05) is 7.05 Å². The third kappa shape index (κ3) is 3.49. The van der Waals surface area contributed by atoms with Crippen LogP contribution >= 0.6 is 12.4 Å². The second-order valence-electron chi connectivity index (χ2n) is 7.35. The molecule has 144 valence electrons.